The van der Waals surface area contributed by atoms with Gasteiger partial charge < -0.3 is 10.2 Å². The van der Waals surface area contributed by atoms with Crippen LogP contribution in [0.25, 0.3) is 0 Å². The van der Waals surface area contributed by atoms with Crippen LogP contribution >= 0.6 is 15.9 Å². The van der Waals surface area contributed by atoms with Gasteiger partial charge in [-0.05, 0) is 43.6 Å². The number of carbonyl (C=O) groups excluding carboxylic acids is 2. The molecule has 7 heteroatoms. The number of nitrogens with zero attached hydrogens (tertiary/aromatic N) is 3. The molecule has 20 heavy (non-hydrogen) atoms. The zero-order valence-electron chi connectivity index (χ0n) is 12.2. The molecule has 1 N–H and O–H groups in total. The van der Waals surface area contributed by atoms with Gasteiger partial charge in [-0.3, -0.25) is 14.3 Å². The Morgan fingerprint density at radius 3 is 2.65 bits per heavy atom. The number of nitrogens with one attached hydrogen (secondary N) is 1. The van der Waals surface area contributed by atoms with Crippen molar-refractivity contribution in [3.63, 3.8) is 0 Å². The lowest BCUT2D eigenvalue weighted by molar-refractivity contribution is -0.149. The molecule has 0 unspecified atom stereocenters. The second-order valence-electron chi connectivity index (χ2n) is 5.50. The van der Waals surface area contributed by atoms with Crippen molar-refractivity contribution < 1.29 is 9.59 Å². The zero-order chi connectivity index (χ0) is 15.1. The number of hydrogen-bond donors (Lipinski definition) is 1. The highest BCUT2D eigenvalue weighted by Gasteiger charge is 2.39. The number of carbonyl (C=O) groups is 2. The summed E-state index contributed by atoms with van der Waals surface area (Å²) in [5, 5.41) is 7.11. The predicted molar refractivity (Wildman–Crippen MR) is 78.0 cm³/mol. The molecule has 0 aliphatic carbocycles. The second kappa shape index (κ2) is 5.20. The number of halogens is 1. The molecule has 0 spiro atoms. The molecule has 0 radical (unpaired) electrons. The summed E-state index contributed by atoms with van der Waals surface area (Å²) in [7, 11) is 0. The van der Waals surface area contributed by atoms with E-state index in [0.29, 0.717) is 6.54 Å². The molecule has 0 saturated carbocycles. The molecule has 1 aliphatic heterocycles. The normalized spacial score (nSPS) is 18.4. The molecule has 0 aromatic carbocycles. The van der Waals surface area contributed by atoms with E-state index in [1.807, 2.05) is 18.5 Å². The fraction of sp³-hybridized carbons (Fsp3) is 0.615. The minimum absolute atomic E-state index is 0.0782. The van der Waals surface area contributed by atoms with Crippen LogP contribution in [0.3, 0.4) is 0 Å². The monoisotopic (exact) mass is 342 g/mol. The quantitative estimate of drug-likeness (QED) is 0.897. The maximum atomic E-state index is 12.4. The molecule has 2 heterocycles. The van der Waals surface area contributed by atoms with Crippen LogP contribution in [0.2, 0.25) is 0 Å². The molecule has 2 amide bonds. The van der Waals surface area contributed by atoms with Crippen LogP contribution in [0, 0.1) is 6.92 Å². The minimum Gasteiger partial charge on any atom is -0.341 e. The van der Waals surface area contributed by atoms with E-state index < -0.39 is 5.54 Å². The first kappa shape index (κ1) is 15.0. The second-order valence-corrected chi connectivity index (χ2v) is 6.29. The summed E-state index contributed by atoms with van der Waals surface area (Å²) in [6.07, 6.45) is 0. The molecule has 110 valence electrons. The lowest BCUT2D eigenvalue weighted by Gasteiger charge is -2.37. The van der Waals surface area contributed by atoms with Gasteiger partial charge in [-0.2, -0.15) is 5.10 Å². The third kappa shape index (κ3) is 2.59. The van der Waals surface area contributed by atoms with Crippen LogP contribution in [-0.4, -0.2) is 38.6 Å². The first-order valence-electron chi connectivity index (χ1n) is 6.58. The standard InChI is InChI=1S/C13H19BrN4O2/c1-5-18-9(11(14)8(2)16-18)6-17-7-10(19)15-13(3,4)12(17)20/h5-7H2,1-4H3,(H,15,19). The number of amides is 2. The summed E-state index contributed by atoms with van der Waals surface area (Å²) < 4.78 is 2.75. The van der Waals surface area contributed by atoms with Crippen LogP contribution in [0.15, 0.2) is 4.47 Å². The van der Waals surface area contributed by atoms with E-state index >= 15 is 0 Å². The predicted octanol–water partition coefficient (Wildman–Crippen LogP) is 1.21. The Morgan fingerprint density at radius 1 is 1.40 bits per heavy atom. The van der Waals surface area contributed by atoms with Crippen LogP contribution in [-0.2, 0) is 22.7 Å². The molecule has 0 bridgehead atoms. The first-order chi connectivity index (χ1) is 9.26. The largest absolute Gasteiger partial charge is 0.341 e. The maximum absolute atomic E-state index is 12.4. The maximum Gasteiger partial charge on any atom is 0.248 e. The van der Waals surface area contributed by atoms with Gasteiger partial charge in [-0.1, -0.05) is 0 Å². The van der Waals surface area contributed by atoms with Crippen LogP contribution in [0.1, 0.15) is 32.2 Å². The molecular formula is C13H19BrN4O2. The number of piperazine rings is 1. The molecule has 1 aromatic heterocycles. The summed E-state index contributed by atoms with van der Waals surface area (Å²) in [4.78, 5) is 25.7. The Kier molecular flexibility index (Phi) is 3.90. The average molecular weight is 343 g/mol. The van der Waals surface area contributed by atoms with Gasteiger partial charge in [0.2, 0.25) is 11.8 Å². The van der Waals surface area contributed by atoms with Crippen LogP contribution < -0.4 is 5.32 Å². The van der Waals surface area contributed by atoms with Crippen LogP contribution in [0.5, 0.6) is 0 Å². The van der Waals surface area contributed by atoms with Crippen LogP contribution in [0.4, 0.5) is 0 Å². The molecule has 6 nitrogen and oxygen atoms in total. The number of aryl methyl sites for hydroxylation is 2. The van der Waals surface area contributed by atoms with Gasteiger partial charge in [0.1, 0.15) is 12.1 Å². The van der Waals surface area contributed by atoms with Crippen molar-refractivity contribution in [3.05, 3.63) is 15.9 Å². The highest BCUT2D eigenvalue weighted by atomic mass is 79.9. The number of rotatable bonds is 3. The van der Waals surface area contributed by atoms with E-state index in [9.17, 15) is 9.59 Å². The van der Waals surface area contributed by atoms with Crippen molar-refractivity contribution in [1.82, 2.24) is 20.0 Å². The fourth-order valence-corrected chi connectivity index (χ4v) is 2.82. The van der Waals surface area contributed by atoms with Gasteiger partial charge in [-0.25, -0.2) is 0 Å². The Bertz CT molecular complexity index is 565. The number of aromatic nitrogens is 2. The summed E-state index contributed by atoms with van der Waals surface area (Å²) in [5.41, 5.74) is 0.951. The summed E-state index contributed by atoms with van der Waals surface area (Å²) in [6, 6.07) is 0. The summed E-state index contributed by atoms with van der Waals surface area (Å²) >= 11 is 3.51. The number of hydrogen-bond acceptors (Lipinski definition) is 3. The first-order valence-corrected chi connectivity index (χ1v) is 7.37. The molecular weight excluding hydrogens is 324 g/mol. The van der Waals surface area contributed by atoms with E-state index in [-0.39, 0.29) is 18.4 Å². The van der Waals surface area contributed by atoms with Gasteiger partial charge in [0, 0.05) is 6.54 Å². The van der Waals surface area contributed by atoms with Crippen molar-refractivity contribution in [2.75, 3.05) is 6.54 Å². The molecule has 1 aliphatic rings. The third-order valence-electron chi connectivity index (χ3n) is 3.40. The van der Waals surface area contributed by atoms with E-state index in [1.54, 1.807) is 18.7 Å². The van der Waals surface area contributed by atoms with Gasteiger partial charge in [-0.15, -0.1) is 0 Å². The van der Waals surface area contributed by atoms with Gasteiger partial charge in [0.25, 0.3) is 0 Å². The van der Waals surface area contributed by atoms with E-state index in [1.165, 1.54) is 0 Å². The van der Waals surface area contributed by atoms with Gasteiger partial charge in [0.05, 0.1) is 22.4 Å². The fourth-order valence-electron chi connectivity index (χ4n) is 2.41. The van der Waals surface area contributed by atoms with Gasteiger partial charge in [0.15, 0.2) is 0 Å². The topological polar surface area (TPSA) is 67.2 Å². The van der Waals surface area contributed by atoms with Crippen molar-refractivity contribution in [3.8, 4) is 0 Å². The zero-order valence-corrected chi connectivity index (χ0v) is 13.7. The summed E-state index contributed by atoms with van der Waals surface area (Å²) in [6.45, 7) is 8.53. The highest BCUT2D eigenvalue weighted by Crippen LogP contribution is 2.24. The Morgan fingerprint density at radius 2 is 2.05 bits per heavy atom. The lowest BCUT2D eigenvalue weighted by Crippen LogP contribution is -2.63. The molecule has 1 fully saturated rings. The van der Waals surface area contributed by atoms with Crippen molar-refractivity contribution in [2.24, 2.45) is 0 Å². The van der Waals surface area contributed by atoms with Crippen molar-refractivity contribution in [1.29, 1.82) is 0 Å². The van der Waals surface area contributed by atoms with E-state index in [4.69, 9.17) is 0 Å². The lowest BCUT2D eigenvalue weighted by atomic mass is 10.0. The van der Waals surface area contributed by atoms with Gasteiger partial charge >= 0.3 is 0 Å². The Balaban J connectivity index is 2.29. The third-order valence-corrected chi connectivity index (χ3v) is 4.43. The van der Waals surface area contributed by atoms with E-state index in [2.05, 4.69) is 26.3 Å². The smallest absolute Gasteiger partial charge is 0.248 e. The van der Waals surface area contributed by atoms with Crippen molar-refractivity contribution >= 4 is 27.7 Å². The highest BCUT2D eigenvalue weighted by molar-refractivity contribution is 9.10. The van der Waals surface area contributed by atoms with Crippen molar-refractivity contribution in [2.45, 2.75) is 46.3 Å². The Hall–Kier alpha value is -1.37. The SMILES string of the molecule is CCn1nc(C)c(Br)c1CN1CC(=O)NC(C)(C)C1=O. The average Bonchev–Trinajstić information content (AvgIpc) is 2.62. The molecule has 0 atom stereocenters. The molecule has 1 aromatic rings. The van der Waals surface area contributed by atoms with E-state index in [0.717, 1.165) is 22.4 Å². The minimum atomic E-state index is -0.853. The molecule has 2 rings (SSSR count). The Labute approximate surface area is 126 Å². The summed E-state index contributed by atoms with van der Waals surface area (Å²) in [5.74, 6) is -0.212. The molecule has 1 saturated heterocycles.